The van der Waals surface area contributed by atoms with Gasteiger partial charge in [-0.15, -0.1) is 0 Å². The van der Waals surface area contributed by atoms with Crippen molar-refractivity contribution in [3.8, 4) is 11.1 Å². The van der Waals surface area contributed by atoms with E-state index >= 15 is 0 Å². The fraction of sp³-hybridized carbons (Fsp3) is 0.176. The number of hydrogen-bond acceptors (Lipinski definition) is 2. The third-order valence-corrected chi connectivity index (χ3v) is 8.13. The van der Waals surface area contributed by atoms with Crippen LogP contribution in [0.25, 0.3) is 21.9 Å². The quantitative estimate of drug-likeness (QED) is 0.261. The minimum absolute atomic E-state index is 0.144. The zero-order valence-electron chi connectivity index (χ0n) is 20.7. The van der Waals surface area contributed by atoms with Crippen LogP contribution < -0.4 is 4.90 Å². The molecule has 0 radical (unpaired) electrons. The largest absolute Gasteiger partial charge is 0.360 e. The summed E-state index contributed by atoms with van der Waals surface area (Å²) in [7, 11) is 0. The lowest BCUT2D eigenvalue weighted by molar-refractivity contribution is -0.0662. The zero-order chi connectivity index (χ0) is 24.3. The Morgan fingerprint density at radius 2 is 1.19 bits per heavy atom. The molecule has 36 heavy (non-hydrogen) atoms. The Morgan fingerprint density at radius 3 is 1.89 bits per heavy atom. The molecule has 1 fully saturated rings. The van der Waals surface area contributed by atoms with Gasteiger partial charge in [-0.2, -0.15) is 0 Å². The second-order valence-electron chi connectivity index (χ2n) is 10.5. The molecular formula is C34H29NO. The highest BCUT2D eigenvalue weighted by Crippen LogP contribution is 2.58. The highest BCUT2D eigenvalue weighted by atomic mass is 16.5. The molecule has 2 heterocycles. The van der Waals surface area contributed by atoms with Crippen molar-refractivity contribution in [2.24, 2.45) is 0 Å². The average Bonchev–Trinajstić information content (AvgIpc) is 3.37. The van der Waals surface area contributed by atoms with Crippen molar-refractivity contribution in [3.63, 3.8) is 0 Å². The maximum atomic E-state index is 6.55. The van der Waals surface area contributed by atoms with Crippen molar-refractivity contribution >= 4 is 27.8 Å². The van der Waals surface area contributed by atoms with Crippen molar-refractivity contribution < 1.29 is 4.74 Å². The Labute approximate surface area is 212 Å². The standard InChI is InChI=1S/C34H29NO/c1-33-19-20-34(2,36-33)31-22-24(17-18-30(31)33)26-21-25-11-9-10-16-29(25)32(23-26)35(27-12-5-3-6-13-27)28-14-7-4-8-15-28/h3-18,21-23H,19-20H2,1-2H3. The summed E-state index contributed by atoms with van der Waals surface area (Å²) in [4.78, 5) is 2.37. The van der Waals surface area contributed by atoms with Crippen LogP contribution in [0.2, 0.25) is 0 Å². The van der Waals surface area contributed by atoms with Gasteiger partial charge < -0.3 is 9.64 Å². The molecule has 5 aromatic rings. The summed E-state index contributed by atoms with van der Waals surface area (Å²) in [5.41, 5.74) is 8.31. The molecule has 5 aromatic carbocycles. The normalized spacial score (nSPS) is 22.1. The number of nitrogens with zero attached hydrogens (tertiary/aromatic N) is 1. The molecule has 0 amide bonds. The van der Waals surface area contributed by atoms with E-state index in [1.165, 1.54) is 38.7 Å². The molecule has 2 bridgehead atoms. The zero-order valence-corrected chi connectivity index (χ0v) is 20.7. The maximum absolute atomic E-state index is 6.55. The number of rotatable bonds is 4. The fourth-order valence-corrected chi connectivity index (χ4v) is 6.30. The fourth-order valence-electron chi connectivity index (χ4n) is 6.30. The molecule has 2 heteroatoms. The Balaban J connectivity index is 1.45. The molecule has 0 saturated carbocycles. The minimum atomic E-state index is -0.181. The van der Waals surface area contributed by atoms with Crippen LogP contribution in [-0.2, 0) is 15.9 Å². The van der Waals surface area contributed by atoms with Crippen LogP contribution in [0.15, 0.2) is 115 Å². The van der Waals surface area contributed by atoms with E-state index in [9.17, 15) is 0 Å². The first-order chi connectivity index (χ1) is 17.5. The molecule has 0 N–H and O–H groups in total. The summed E-state index contributed by atoms with van der Waals surface area (Å²) in [6, 6.07) is 41.6. The SMILES string of the molecule is CC12CCC(C)(O1)c1cc(-c3cc(N(c4ccccc4)c4ccccc4)c4ccccc4c3)ccc12. The van der Waals surface area contributed by atoms with Crippen molar-refractivity contribution in [3.05, 3.63) is 126 Å². The number of ether oxygens (including phenoxy) is 1. The van der Waals surface area contributed by atoms with Gasteiger partial charge in [0.15, 0.2) is 0 Å². The smallest absolute Gasteiger partial charge is 0.0920 e. The van der Waals surface area contributed by atoms with Crippen LogP contribution in [0.3, 0.4) is 0 Å². The molecule has 7 rings (SSSR count). The first-order valence-electron chi connectivity index (χ1n) is 12.8. The third kappa shape index (κ3) is 3.22. The maximum Gasteiger partial charge on any atom is 0.0920 e. The average molecular weight is 468 g/mol. The highest BCUT2D eigenvalue weighted by Gasteiger charge is 2.54. The number of hydrogen-bond donors (Lipinski definition) is 0. The molecule has 0 spiro atoms. The van der Waals surface area contributed by atoms with Crippen LogP contribution in [0, 0.1) is 0 Å². The van der Waals surface area contributed by atoms with Crippen LogP contribution in [0.4, 0.5) is 17.1 Å². The van der Waals surface area contributed by atoms with E-state index in [-0.39, 0.29) is 11.2 Å². The van der Waals surface area contributed by atoms with E-state index < -0.39 is 0 Å². The molecule has 2 unspecified atom stereocenters. The minimum Gasteiger partial charge on any atom is -0.360 e. The van der Waals surface area contributed by atoms with Gasteiger partial charge >= 0.3 is 0 Å². The Hall–Kier alpha value is -3.88. The summed E-state index contributed by atoms with van der Waals surface area (Å²) in [5.74, 6) is 0. The van der Waals surface area contributed by atoms with Crippen LogP contribution in [0.1, 0.15) is 37.8 Å². The van der Waals surface area contributed by atoms with Gasteiger partial charge in [0.1, 0.15) is 0 Å². The lowest BCUT2D eigenvalue weighted by atomic mass is 9.77. The lowest BCUT2D eigenvalue weighted by Crippen LogP contribution is -2.17. The Bertz CT molecular complexity index is 1550. The van der Waals surface area contributed by atoms with Crippen molar-refractivity contribution in [1.29, 1.82) is 0 Å². The van der Waals surface area contributed by atoms with Gasteiger partial charge in [-0.1, -0.05) is 72.8 Å². The molecule has 1 saturated heterocycles. The molecule has 2 aliphatic rings. The number of para-hydroxylation sites is 2. The molecular weight excluding hydrogens is 438 g/mol. The first-order valence-corrected chi connectivity index (χ1v) is 12.8. The topological polar surface area (TPSA) is 12.5 Å². The molecule has 2 atom stereocenters. The predicted molar refractivity (Wildman–Crippen MR) is 149 cm³/mol. The summed E-state index contributed by atoms with van der Waals surface area (Å²) >= 11 is 0. The monoisotopic (exact) mass is 467 g/mol. The first kappa shape index (κ1) is 21.4. The van der Waals surface area contributed by atoms with Crippen LogP contribution in [-0.4, -0.2) is 0 Å². The Kier molecular flexibility index (Phi) is 4.64. The van der Waals surface area contributed by atoms with Gasteiger partial charge in [-0.05, 0) is 96.8 Å². The van der Waals surface area contributed by atoms with Gasteiger partial charge in [0.05, 0.1) is 16.9 Å². The van der Waals surface area contributed by atoms with E-state index in [4.69, 9.17) is 4.74 Å². The number of benzene rings is 5. The van der Waals surface area contributed by atoms with Gasteiger partial charge in [-0.3, -0.25) is 0 Å². The van der Waals surface area contributed by atoms with Crippen LogP contribution in [0.5, 0.6) is 0 Å². The summed E-state index contributed by atoms with van der Waals surface area (Å²) < 4.78 is 6.55. The molecule has 2 aliphatic heterocycles. The highest BCUT2D eigenvalue weighted by molar-refractivity contribution is 6.02. The second-order valence-corrected chi connectivity index (χ2v) is 10.5. The Morgan fingerprint density at radius 1 is 0.583 bits per heavy atom. The molecule has 0 aromatic heterocycles. The van der Waals surface area contributed by atoms with Crippen molar-refractivity contribution in [2.75, 3.05) is 4.90 Å². The van der Waals surface area contributed by atoms with Crippen molar-refractivity contribution in [2.45, 2.75) is 37.9 Å². The van der Waals surface area contributed by atoms with Gasteiger partial charge in [0, 0.05) is 16.8 Å². The third-order valence-electron chi connectivity index (χ3n) is 8.13. The molecule has 0 aliphatic carbocycles. The van der Waals surface area contributed by atoms with E-state index in [0.29, 0.717) is 0 Å². The van der Waals surface area contributed by atoms with E-state index in [2.05, 4.69) is 134 Å². The summed E-state index contributed by atoms with van der Waals surface area (Å²) in [6.45, 7) is 4.50. The summed E-state index contributed by atoms with van der Waals surface area (Å²) in [5, 5.41) is 2.47. The van der Waals surface area contributed by atoms with E-state index in [0.717, 1.165) is 24.2 Å². The number of fused-ring (bicyclic) bond motifs is 6. The summed E-state index contributed by atoms with van der Waals surface area (Å²) in [6.07, 6.45) is 2.18. The molecule has 176 valence electrons. The predicted octanol–water partition coefficient (Wildman–Crippen LogP) is 9.23. The van der Waals surface area contributed by atoms with Gasteiger partial charge in [-0.25, -0.2) is 0 Å². The molecule has 2 nitrogen and oxygen atoms in total. The van der Waals surface area contributed by atoms with E-state index in [1.807, 2.05) is 0 Å². The van der Waals surface area contributed by atoms with E-state index in [1.54, 1.807) is 0 Å². The van der Waals surface area contributed by atoms with Gasteiger partial charge in [0.25, 0.3) is 0 Å². The van der Waals surface area contributed by atoms with Crippen LogP contribution >= 0.6 is 0 Å². The lowest BCUT2D eigenvalue weighted by Gasteiger charge is -2.28. The van der Waals surface area contributed by atoms with Crippen molar-refractivity contribution in [1.82, 2.24) is 0 Å². The second kappa shape index (κ2) is 7.81. The van der Waals surface area contributed by atoms with Gasteiger partial charge in [0.2, 0.25) is 0 Å². The number of anilines is 3.